The van der Waals surface area contributed by atoms with Crippen molar-refractivity contribution in [2.75, 3.05) is 26.9 Å². The van der Waals surface area contributed by atoms with E-state index >= 15 is 0 Å². The van der Waals surface area contributed by atoms with Gasteiger partial charge in [0.25, 0.3) is 0 Å². The molecule has 1 amide bonds. The second-order valence-corrected chi connectivity index (χ2v) is 7.05. The first-order chi connectivity index (χ1) is 10.4. The van der Waals surface area contributed by atoms with E-state index in [0.29, 0.717) is 6.54 Å². The summed E-state index contributed by atoms with van der Waals surface area (Å²) in [5.41, 5.74) is 0.823. The first-order valence-corrected chi connectivity index (χ1v) is 7.88. The summed E-state index contributed by atoms with van der Waals surface area (Å²) in [6, 6.07) is 8.18. The number of amides is 1. The van der Waals surface area contributed by atoms with E-state index in [1.54, 1.807) is 7.11 Å². The molecule has 1 aromatic carbocycles. The summed E-state index contributed by atoms with van der Waals surface area (Å²) in [6.07, 6.45) is 1.84. The zero-order chi connectivity index (χ0) is 16.2. The molecule has 0 aliphatic carbocycles. The molecular weight excluding hydrogens is 278 g/mol. The molecule has 0 atom stereocenters. The number of rotatable bonds is 4. The van der Waals surface area contributed by atoms with Crippen LogP contribution in [0.3, 0.4) is 0 Å². The Morgan fingerprint density at radius 1 is 1.23 bits per heavy atom. The van der Waals surface area contributed by atoms with Crippen molar-refractivity contribution in [2.45, 2.75) is 39.0 Å². The molecule has 1 saturated heterocycles. The Bertz CT molecular complexity index is 496. The van der Waals surface area contributed by atoms with E-state index in [9.17, 15) is 4.79 Å². The predicted octanol–water partition coefficient (Wildman–Crippen LogP) is 2.91. The van der Waals surface area contributed by atoms with Crippen LogP contribution < -0.4 is 10.1 Å². The minimum Gasteiger partial charge on any atom is -0.497 e. The minimum absolute atomic E-state index is 0.0502. The number of benzene rings is 1. The van der Waals surface area contributed by atoms with Gasteiger partial charge in [-0.3, -0.25) is 4.79 Å². The van der Waals surface area contributed by atoms with Crippen LogP contribution in [-0.2, 0) is 14.9 Å². The summed E-state index contributed by atoms with van der Waals surface area (Å²) >= 11 is 0. The lowest BCUT2D eigenvalue weighted by Gasteiger charge is -2.38. The zero-order valence-electron chi connectivity index (χ0n) is 14.1. The van der Waals surface area contributed by atoms with E-state index < -0.39 is 0 Å². The van der Waals surface area contributed by atoms with Crippen LogP contribution in [0.1, 0.15) is 39.2 Å². The Morgan fingerprint density at radius 2 is 1.82 bits per heavy atom. The maximum atomic E-state index is 12.2. The van der Waals surface area contributed by atoms with Gasteiger partial charge in [-0.15, -0.1) is 0 Å². The fourth-order valence-electron chi connectivity index (χ4n) is 2.79. The molecule has 1 N–H and O–H groups in total. The molecule has 0 radical (unpaired) electrons. The average Bonchev–Trinajstić information content (AvgIpc) is 2.52. The van der Waals surface area contributed by atoms with Gasteiger partial charge in [-0.05, 0) is 30.5 Å². The Kier molecular flexibility index (Phi) is 5.12. The van der Waals surface area contributed by atoms with E-state index in [4.69, 9.17) is 9.47 Å². The van der Waals surface area contributed by atoms with Gasteiger partial charge in [-0.1, -0.05) is 32.9 Å². The van der Waals surface area contributed by atoms with Crippen LogP contribution in [0.15, 0.2) is 24.3 Å². The van der Waals surface area contributed by atoms with E-state index in [-0.39, 0.29) is 16.7 Å². The van der Waals surface area contributed by atoms with Gasteiger partial charge in [-0.2, -0.15) is 0 Å². The molecule has 4 heteroatoms. The van der Waals surface area contributed by atoms with Crippen molar-refractivity contribution in [1.82, 2.24) is 5.32 Å². The minimum atomic E-state index is -0.369. The van der Waals surface area contributed by atoms with Gasteiger partial charge in [0, 0.05) is 30.6 Å². The third kappa shape index (κ3) is 3.80. The van der Waals surface area contributed by atoms with Gasteiger partial charge < -0.3 is 14.8 Å². The summed E-state index contributed by atoms with van der Waals surface area (Å²) in [7, 11) is 1.67. The number of carbonyl (C=O) groups excluding carboxylic acids is 1. The number of hydrogen-bond acceptors (Lipinski definition) is 3. The van der Waals surface area contributed by atoms with Crippen LogP contribution in [0.25, 0.3) is 0 Å². The number of methoxy groups -OCH3 is 1. The highest BCUT2D eigenvalue weighted by molar-refractivity contribution is 5.81. The fourth-order valence-corrected chi connectivity index (χ4v) is 2.79. The molecule has 4 nitrogen and oxygen atoms in total. The molecule has 0 unspecified atom stereocenters. The van der Waals surface area contributed by atoms with Gasteiger partial charge in [0.15, 0.2) is 0 Å². The maximum absolute atomic E-state index is 12.2. The highest BCUT2D eigenvalue weighted by Gasteiger charge is 2.35. The Hall–Kier alpha value is -1.55. The van der Waals surface area contributed by atoms with Crippen molar-refractivity contribution in [2.24, 2.45) is 5.41 Å². The van der Waals surface area contributed by atoms with Gasteiger partial charge in [0.1, 0.15) is 5.75 Å². The van der Waals surface area contributed by atoms with Crippen LogP contribution in [0.4, 0.5) is 0 Å². The quantitative estimate of drug-likeness (QED) is 0.930. The van der Waals surface area contributed by atoms with E-state index in [0.717, 1.165) is 31.8 Å². The third-order valence-corrected chi connectivity index (χ3v) is 4.42. The molecule has 2 rings (SSSR count). The summed E-state index contributed by atoms with van der Waals surface area (Å²) in [5, 5.41) is 3.13. The van der Waals surface area contributed by atoms with Crippen molar-refractivity contribution in [3.05, 3.63) is 29.8 Å². The van der Waals surface area contributed by atoms with E-state index in [1.807, 2.05) is 32.9 Å². The lowest BCUT2D eigenvalue weighted by Crippen LogP contribution is -2.47. The lowest BCUT2D eigenvalue weighted by atomic mass is 9.74. The van der Waals surface area contributed by atoms with Gasteiger partial charge >= 0.3 is 0 Å². The summed E-state index contributed by atoms with van der Waals surface area (Å²) < 4.78 is 10.8. The van der Waals surface area contributed by atoms with Crippen LogP contribution in [0.2, 0.25) is 0 Å². The topological polar surface area (TPSA) is 47.6 Å². The van der Waals surface area contributed by atoms with E-state index in [1.165, 1.54) is 5.56 Å². The van der Waals surface area contributed by atoms with Crippen molar-refractivity contribution in [3.63, 3.8) is 0 Å². The van der Waals surface area contributed by atoms with Gasteiger partial charge in [0.05, 0.1) is 7.11 Å². The highest BCUT2D eigenvalue weighted by Crippen LogP contribution is 2.35. The molecule has 1 fully saturated rings. The standard InChI is InChI=1S/C18H27NO3/c1-17(2,3)16(20)19-13-18(9-11-22-12-10-18)14-5-7-15(21-4)8-6-14/h5-8H,9-13H2,1-4H3,(H,19,20). The monoisotopic (exact) mass is 305 g/mol. The molecule has 1 aliphatic heterocycles. The third-order valence-electron chi connectivity index (χ3n) is 4.42. The zero-order valence-corrected chi connectivity index (χ0v) is 14.1. The summed E-state index contributed by atoms with van der Waals surface area (Å²) in [6.45, 7) is 7.93. The molecule has 1 aliphatic rings. The molecule has 1 aromatic rings. The average molecular weight is 305 g/mol. The highest BCUT2D eigenvalue weighted by atomic mass is 16.5. The van der Waals surface area contributed by atoms with Crippen LogP contribution in [-0.4, -0.2) is 32.8 Å². The second-order valence-electron chi connectivity index (χ2n) is 7.05. The van der Waals surface area contributed by atoms with Gasteiger partial charge in [0.2, 0.25) is 5.91 Å². The molecule has 22 heavy (non-hydrogen) atoms. The molecule has 0 spiro atoms. The van der Waals surface area contributed by atoms with Gasteiger partial charge in [-0.25, -0.2) is 0 Å². The number of nitrogens with one attached hydrogen (secondary N) is 1. The lowest BCUT2D eigenvalue weighted by molar-refractivity contribution is -0.129. The molecule has 122 valence electrons. The smallest absolute Gasteiger partial charge is 0.225 e. The molecule has 1 heterocycles. The first kappa shape index (κ1) is 16.8. The summed E-state index contributed by atoms with van der Waals surface area (Å²) in [5.74, 6) is 0.941. The fraction of sp³-hybridized carbons (Fsp3) is 0.611. The SMILES string of the molecule is COc1ccc(C2(CNC(=O)C(C)(C)C)CCOCC2)cc1. The first-order valence-electron chi connectivity index (χ1n) is 7.88. The van der Waals surface area contributed by atoms with Crippen molar-refractivity contribution < 1.29 is 14.3 Å². The number of ether oxygens (including phenoxy) is 2. The van der Waals surface area contributed by atoms with E-state index in [2.05, 4.69) is 17.4 Å². The molecule has 0 saturated carbocycles. The molecule has 0 bridgehead atoms. The Morgan fingerprint density at radius 3 is 2.32 bits per heavy atom. The van der Waals surface area contributed by atoms with Crippen LogP contribution in [0, 0.1) is 5.41 Å². The number of hydrogen-bond donors (Lipinski definition) is 1. The Labute approximate surface area is 133 Å². The Balaban J connectivity index is 2.18. The predicted molar refractivity (Wildman–Crippen MR) is 87.2 cm³/mol. The second kappa shape index (κ2) is 6.69. The summed E-state index contributed by atoms with van der Waals surface area (Å²) in [4.78, 5) is 12.2. The largest absolute Gasteiger partial charge is 0.497 e. The van der Waals surface area contributed by atoms with Crippen molar-refractivity contribution in [1.29, 1.82) is 0 Å². The molecular formula is C18H27NO3. The number of carbonyl (C=O) groups is 1. The normalized spacial score (nSPS) is 17.8. The van der Waals surface area contributed by atoms with Crippen LogP contribution in [0.5, 0.6) is 5.75 Å². The van der Waals surface area contributed by atoms with Crippen molar-refractivity contribution >= 4 is 5.91 Å². The van der Waals surface area contributed by atoms with Crippen LogP contribution >= 0.6 is 0 Å². The maximum Gasteiger partial charge on any atom is 0.225 e. The molecule has 0 aromatic heterocycles. The van der Waals surface area contributed by atoms with Crippen molar-refractivity contribution in [3.8, 4) is 5.75 Å².